The van der Waals surface area contributed by atoms with E-state index in [0.29, 0.717) is 16.8 Å². The van der Waals surface area contributed by atoms with Gasteiger partial charge in [-0.25, -0.2) is 4.68 Å². The number of methoxy groups -OCH3 is 2. The molecule has 0 saturated heterocycles. The minimum atomic E-state index is -0.874. The molecule has 1 fully saturated rings. The van der Waals surface area contributed by atoms with Crippen molar-refractivity contribution in [1.29, 1.82) is 0 Å². The Balaban J connectivity index is 1.53. The van der Waals surface area contributed by atoms with Gasteiger partial charge in [-0.15, -0.1) is 5.10 Å². The van der Waals surface area contributed by atoms with Crippen LogP contribution in [0.3, 0.4) is 0 Å². The molecule has 2 amide bonds. The van der Waals surface area contributed by atoms with Crippen LogP contribution in [0.15, 0.2) is 72.8 Å². The van der Waals surface area contributed by atoms with Gasteiger partial charge in [-0.3, -0.25) is 9.59 Å². The summed E-state index contributed by atoms with van der Waals surface area (Å²) in [6.45, 7) is 0.156. The third-order valence-electron chi connectivity index (χ3n) is 7.46. The maximum Gasteiger partial charge on any atom is 0.247 e. The SMILES string of the molecule is COc1ccc(CN(C(=O)Cn2nnc3ccccc32)C(C(=O)NC2CCCCC2)c2cccc(OC)c2)cc1. The molecule has 1 unspecified atom stereocenters. The third kappa shape index (κ3) is 6.25. The molecule has 208 valence electrons. The molecule has 1 aromatic heterocycles. The van der Waals surface area contributed by atoms with Gasteiger partial charge in [-0.1, -0.05) is 60.9 Å². The normalized spacial score (nSPS) is 14.4. The molecule has 1 saturated carbocycles. The van der Waals surface area contributed by atoms with Crippen LogP contribution in [0, 0.1) is 0 Å². The molecule has 3 aromatic carbocycles. The number of amides is 2. The summed E-state index contributed by atoms with van der Waals surface area (Å²) in [5.41, 5.74) is 3.01. The van der Waals surface area contributed by atoms with E-state index in [1.54, 1.807) is 23.8 Å². The third-order valence-corrected chi connectivity index (χ3v) is 7.46. The number of benzene rings is 3. The maximum absolute atomic E-state index is 14.1. The number of hydrogen-bond donors (Lipinski definition) is 1. The Morgan fingerprint density at radius 3 is 2.45 bits per heavy atom. The summed E-state index contributed by atoms with van der Waals surface area (Å²) < 4.78 is 12.4. The quantitative estimate of drug-likeness (QED) is 0.313. The van der Waals surface area contributed by atoms with Crippen LogP contribution in [0.4, 0.5) is 0 Å². The van der Waals surface area contributed by atoms with Crippen molar-refractivity contribution in [2.75, 3.05) is 14.2 Å². The first-order valence-electron chi connectivity index (χ1n) is 13.7. The van der Waals surface area contributed by atoms with Crippen molar-refractivity contribution in [1.82, 2.24) is 25.2 Å². The van der Waals surface area contributed by atoms with Crippen LogP contribution in [0.25, 0.3) is 11.0 Å². The number of fused-ring (bicyclic) bond motifs is 1. The van der Waals surface area contributed by atoms with Crippen molar-refractivity contribution in [3.63, 3.8) is 0 Å². The first-order chi connectivity index (χ1) is 19.6. The van der Waals surface area contributed by atoms with Crippen molar-refractivity contribution in [3.8, 4) is 11.5 Å². The molecule has 1 heterocycles. The lowest BCUT2D eigenvalue weighted by atomic mass is 9.94. The van der Waals surface area contributed by atoms with Crippen LogP contribution >= 0.6 is 0 Å². The van der Waals surface area contributed by atoms with E-state index >= 15 is 0 Å². The highest BCUT2D eigenvalue weighted by Crippen LogP contribution is 2.29. The van der Waals surface area contributed by atoms with E-state index in [0.717, 1.165) is 42.5 Å². The first-order valence-corrected chi connectivity index (χ1v) is 13.7. The predicted octanol–water partition coefficient (Wildman–Crippen LogP) is 4.67. The molecule has 0 aliphatic heterocycles. The second-order valence-corrected chi connectivity index (χ2v) is 10.1. The minimum absolute atomic E-state index is 0.0617. The zero-order valence-corrected chi connectivity index (χ0v) is 23.0. The molecule has 0 bridgehead atoms. The number of nitrogens with one attached hydrogen (secondary N) is 1. The fraction of sp³-hybridized carbons (Fsp3) is 0.355. The van der Waals surface area contributed by atoms with Crippen molar-refractivity contribution in [3.05, 3.63) is 83.9 Å². The summed E-state index contributed by atoms with van der Waals surface area (Å²) >= 11 is 0. The van der Waals surface area contributed by atoms with Crippen LogP contribution in [-0.4, -0.2) is 52.0 Å². The van der Waals surface area contributed by atoms with E-state index in [1.807, 2.05) is 72.8 Å². The fourth-order valence-electron chi connectivity index (χ4n) is 5.32. The summed E-state index contributed by atoms with van der Waals surface area (Å²) in [6.07, 6.45) is 5.23. The summed E-state index contributed by atoms with van der Waals surface area (Å²) in [4.78, 5) is 29.8. The van der Waals surface area contributed by atoms with Crippen LogP contribution in [-0.2, 0) is 22.7 Å². The summed E-state index contributed by atoms with van der Waals surface area (Å²) in [5.74, 6) is 0.880. The van der Waals surface area contributed by atoms with Crippen LogP contribution < -0.4 is 14.8 Å². The average molecular weight is 542 g/mol. The van der Waals surface area contributed by atoms with Gasteiger partial charge in [0.25, 0.3) is 0 Å². The monoisotopic (exact) mass is 541 g/mol. The number of para-hydroxylation sites is 1. The van der Waals surface area contributed by atoms with Crippen LogP contribution in [0.5, 0.6) is 11.5 Å². The number of hydrogen-bond acceptors (Lipinski definition) is 6. The second-order valence-electron chi connectivity index (χ2n) is 10.1. The van der Waals surface area contributed by atoms with Crippen LogP contribution in [0.1, 0.15) is 49.3 Å². The zero-order valence-electron chi connectivity index (χ0n) is 23.0. The van der Waals surface area contributed by atoms with Gasteiger partial charge < -0.3 is 19.7 Å². The van der Waals surface area contributed by atoms with Crippen molar-refractivity contribution in [2.45, 2.75) is 57.3 Å². The molecule has 5 rings (SSSR count). The average Bonchev–Trinajstić information content (AvgIpc) is 3.40. The van der Waals surface area contributed by atoms with E-state index in [-0.39, 0.29) is 30.9 Å². The van der Waals surface area contributed by atoms with Gasteiger partial charge in [0, 0.05) is 12.6 Å². The molecule has 9 heteroatoms. The molecule has 0 spiro atoms. The van der Waals surface area contributed by atoms with Crippen molar-refractivity contribution < 1.29 is 19.1 Å². The molecular formula is C31H35N5O4. The van der Waals surface area contributed by atoms with Gasteiger partial charge in [-0.2, -0.15) is 0 Å². The predicted molar refractivity (Wildman–Crippen MR) is 152 cm³/mol. The Morgan fingerprint density at radius 1 is 0.950 bits per heavy atom. The Bertz CT molecular complexity index is 1450. The number of carbonyl (C=O) groups excluding carboxylic acids is 2. The van der Waals surface area contributed by atoms with E-state index in [2.05, 4.69) is 15.6 Å². The highest BCUT2D eigenvalue weighted by atomic mass is 16.5. The van der Waals surface area contributed by atoms with Crippen molar-refractivity contribution >= 4 is 22.8 Å². The summed E-state index contributed by atoms with van der Waals surface area (Å²) in [6, 6.07) is 21.6. The molecule has 1 atom stereocenters. The minimum Gasteiger partial charge on any atom is -0.497 e. The smallest absolute Gasteiger partial charge is 0.247 e. The number of aromatic nitrogens is 3. The molecular weight excluding hydrogens is 506 g/mol. The van der Waals surface area contributed by atoms with Gasteiger partial charge in [0.1, 0.15) is 29.6 Å². The number of nitrogens with zero attached hydrogens (tertiary/aromatic N) is 4. The Kier molecular flexibility index (Phi) is 8.59. The molecule has 40 heavy (non-hydrogen) atoms. The fourth-order valence-corrected chi connectivity index (χ4v) is 5.32. The number of ether oxygens (including phenoxy) is 2. The summed E-state index contributed by atoms with van der Waals surface area (Å²) in [7, 11) is 3.20. The molecule has 1 aliphatic carbocycles. The van der Waals surface area contributed by atoms with Gasteiger partial charge in [-0.05, 0) is 60.4 Å². The van der Waals surface area contributed by atoms with Crippen LogP contribution in [0.2, 0.25) is 0 Å². The highest BCUT2D eigenvalue weighted by molar-refractivity contribution is 5.89. The number of carbonyl (C=O) groups is 2. The Morgan fingerprint density at radius 2 is 1.70 bits per heavy atom. The molecule has 0 radical (unpaired) electrons. The maximum atomic E-state index is 14.1. The van der Waals surface area contributed by atoms with Gasteiger partial charge in [0.2, 0.25) is 11.8 Å². The number of rotatable bonds is 10. The van der Waals surface area contributed by atoms with Gasteiger partial charge >= 0.3 is 0 Å². The van der Waals surface area contributed by atoms with Gasteiger partial charge in [0.05, 0.1) is 19.7 Å². The van der Waals surface area contributed by atoms with E-state index in [9.17, 15) is 9.59 Å². The zero-order chi connectivity index (χ0) is 27.9. The highest BCUT2D eigenvalue weighted by Gasteiger charge is 2.33. The van der Waals surface area contributed by atoms with E-state index < -0.39 is 6.04 Å². The summed E-state index contributed by atoms with van der Waals surface area (Å²) in [5, 5.41) is 11.7. The lowest BCUT2D eigenvalue weighted by Crippen LogP contribution is -2.47. The molecule has 1 N–H and O–H groups in total. The largest absolute Gasteiger partial charge is 0.497 e. The van der Waals surface area contributed by atoms with E-state index in [1.165, 1.54) is 6.42 Å². The Hall–Kier alpha value is -4.40. The second kappa shape index (κ2) is 12.6. The van der Waals surface area contributed by atoms with Crippen molar-refractivity contribution in [2.24, 2.45) is 0 Å². The van der Waals surface area contributed by atoms with E-state index in [4.69, 9.17) is 9.47 Å². The lowest BCUT2D eigenvalue weighted by molar-refractivity contribution is -0.142. The lowest BCUT2D eigenvalue weighted by Gasteiger charge is -2.33. The Labute approximate surface area is 234 Å². The molecule has 9 nitrogen and oxygen atoms in total. The topological polar surface area (TPSA) is 98.6 Å². The first kappa shape index (κ1) is 27.2. The van der Waals surface area contributed by atoms with Gasteiger partial charge in [0.15, 0.2) is 0 Å². The molecule has 4 aromatic rings. The standard InChI is InChI=1S/C31H35N5O4/c1-39-25-17-15-22(16-18-25)20-35(29(37)21-36-28-14-7-6-13-27(28)33-34-36)30(23-9-8-12-26(19-23)40-2)31(38)32-24-10-4-3-5-11-24/h6-9,12-19,24,30H,3-5,10-11,20-21H2,1-2H3,(H,32,38). The molecule has 1 aliphatic rings.